The first-order chi connectivity index (χ1) is 12.1. The molecule has 4 heteroatoms. The first kappa shape index (κ1) is 14.4. The van der Waals surface area contributed by atoms with Crippen LogP contribution in [0.5, 0.6) is 0 Å². The van der Waals surface area contributed by atoms with Crippen molar-refractivity contribution in [1.82, 2.24) is 4.90 Å². The summed E-state index contributed by atoms with van der Waals surface area (Å²) in [5.74, 6) is 0.703. The van der Waals surface area contributed by atoms with Crippen molar-refractivity contribution in [3.8, 4) is 0 Å². The van der Waals surface area contributed by atoms with Crippen LogP contribution in [0.4, 0.5) is 5.69 Å². The van der Waals surface area contributed by atoms with E-state index < -0.39 is 5.41 Å². The zero-order chi connectivity index (χ0) is 17.0. The van der Waals surface area contributed by atoms with Crippen molar-refractivity contribution >= 4 is 11.7 Å². The maximum absolute atomic E-state index is 13.2. The SMILES string of the molecule is COC(=O)[C@]12CC3C=CCN4CC[C@@]5(c6ccccc6NC15)[C@]34C2C. The number of para-hydroxylation sites is 1. The van der Waals surface area contributed by atoms with Crippen LogP contribution in [0.3, 0.4) is 0 Å². The zero-order valence-corrected chi connectivity index (χ0v) is 14.8. The number of nitrogens with one attached hydrogen (secondary N) is 1. The molecule has 0 radical (unpaired) electrons. The minimum Gasteiger partial charge on any atom is -0.469 e. The van der Waals surface area contributed by atoms with E-state index in [-0.39, 0.29) is 28.9 Å². The molecule has 2 aliphatic carbocycles. The van der Waals surface area contributed by atoms with Gasteiger partial charge in [-0.15, -0.1) is 0 Å². The molecule has 1 aromatic rings. The number of nitrogens with zero attached hydrogens (tertiary/aromatic N) is 1. The fraction of sp³-hybridized carbons (Fsp3) is 0.571. The van der Waals surface area contributed by atoms with Crippen LogP contribution in [0.2, 0.25) is 0 Å². The number of hydrogen-bond donors (Lipinski definition) is 1. The van der Waals surface area contributed by atoms with Gasteiger partial charge in [0.05, 0.1) is 18.6 Å². The number of rotatable bonds is 1. The topological polar surface area (TPSA) is 41.6 Å². The van der Waals surface area contributed by atoms with Gasteiger partial charge in [0.1, 0.15) is 0 Å². The van der Waals surface area contributed by atoms with E-state index in [2.05, 4.69) is 53.6 Å². The average Bonchev–Trinajstić information content (AvgIpc) is 3.30. The van der Waals surface area contributed by atoms with E-state index >= 15 is 0 Å². The van der Waals surface area contributed by atoms with E-state index in [1.54, 1.807) is 7.11 Å². The molecule has 3 aliphatic heterocycles. The van der Waals surface area contributed by atoms with Crippen molar-refractivity contribution in [2.75, 3.05) is 25.5 Å². The molecule has 3 fully saturated rings. The Kier molecular flexibility index (Phi) is 2.37. The Labute approximate surface area is 148 Å². The largest absolute Gasteiger partial charge is 0.469 e. The lowest BCUT2D eigenvalue weighted by Gasteiger charge is -2.53. The second kappa shape index (κ2) is 4.12. The molecule has 6 rings (SSSR count). The Morgan fingerprint density at radius 2 is 2.20 bits per heavy atom. The van der Waals surface area contributed by atoms with Gasteiger partial charge in [-0.2, -0.15) is 0 Å². The van der Waals surface area contributed by atoms with Gasteiger partial charge in [0.25, 0.3) is 0 Å². The molecule has 3 unspecified atom stereocenters. The zero-order valence-electron chi connectivity index (χ0n) is 14.8. The molecule has 2 bridgehead atoms. The summed E-state index contributed by atoms with van der Waals surface area (Å²) in [6, 6.07) is 8.89. The number of benzene rings is 1. The second-order valence-corrected chi connectivity index (χ2v) is 8.61. The molecule has 4 nitrogen and oxygen atoms in total. The van der Waals surface area contributed by atoms with Gasteiger partial charge in [0.15, 0.2) is 0 Å². The number of esters is 1. The predicted octanol–water partition coefficient (Wildman–Crippen LogP) is 2.56. The number of fused-ring (bicyclic) bond motifs is 3. The molecule has 5 aliphatic rings. The van der Waals surface area contributed by atoms with Crippen molar-refractivity contribution in [2.24, 2.45) is 17.3 Å². The molecule has 25 heavy (non-hydrogen) atoms. The normalized spacial score (nSPS) is 48.0. The van der Waals surface area contributed by atoms with Crippen molar-refractivity contribution in [3.63, 3.8) is 0 Å². The summed E-state index contributed by atoms with van der Waals surface area (Å²) in [5, 5.41) is 3.81. The molecule has 2 spiro atoms. The molecule has 130 valence electrons. The van der Waals surface area contributed by atoms with E-state index in [1.165, 1.54) is 11.3 Å². The van der Waals surface area contributed by atoms with Gasteiger partial charge in [-0.25, -0.2) is 0 Å². The smallest absolute Gasteiger partial charge is 0.314 e. The molecule has 1 saturated heterocycles. The van der Waals surface area contributed by atoms with E-state index in [1.807, 2.05) is 0 Å². The number of ether oxygens (including phenoxy) is 1. The Morgan fingerprint density at radius 3 is 3.04 bits per heavy atom. The first-order valence-electron chi connectivity index (χ1n) is 9.50. The molecule has 1 aromatic carbocycles. The molecule has 2 saturated carbocycles. The summed E-state index contributed by atoms with van der Waals surface area (Å²) >= 11 is 0. The van der Waals surface area contributed by atoms with Crippen LogP contribution in [-0.2, 0) is 14.9 Å². The van der Waals surface area contributed by atoms with Crippen LogP contribution in [0.25, 0.3) is 0 Å². The minimum atomic E-state index is -0.439. The molecule has 3 heterocycles. The molecular weight excluding hydrogens is 312 g/mol. The highest BCUT2D eigenvalue weighted by Crippen LogP contribution is 2.79. The molecule has 0 aromatic heterocycles. The van der Waals surface area contributed by atoms with E-state index in [0.29, 0.717) is 5.92 Å². The highest BCUT2D eigenvalue weighted by atomic mass is 16.5. The quantitative estimate of drug-likeness (QED) is 0.632. The summed E-state index contributed by atoms with van der Waals surface area (Å²) in [7, 11) is 1.56. The summed E-state index contributed by atoms with van der Waals surface area (Å²) in [6.45, 7) is 4.45. The average molecular weight is 336 g/mol. The Hall–Kier alpha value is -1.81. The van der Waals surface area contributed by atoms with Crippen LogP contribution in [0, 0.1) is 17.3 Å². The Morgan fingerprint density at radius 1 is 1.36 bits per heavy atom. The number of carbonyl (C=O) groups excluding carboxylic acids is 1. The monoisotopic (exact) mass is 336 g/mol. The highest BCUT2D eigenvalue weighted by Gasteiger charge is 2.87. The van der Waals surface area contributed by atoms with Crippen LogP contribution in [-0.4, -0.2) is 42.6 Å². The number of methoxy groups -OCH3 is 1. The maximum atomic E-state index is 13.2. The second-order valence-electron chi connectivity index (χ2n) is 8.61. The molecule has 1 N–H and O–H groups in total. The maximum Gasteiger partial charge on any atom is 0.314 e. The lowest BCUT2D eigenvalue weighted by atomic mass is 9.57. The third kappa shape index (κ3) is 1.14. The number of carbonyl (C=O) groups is 1. The fourth-order valence-corrected chi connectivity index (χ4v) is 8.09. The summed E-state index contributed by atoms with van der Waals surface area (Å²) in [6.07, 6.45) is 6.75. The fourth-order valence-electron chi connectivity index (χ4n) is 8.09. The van der Waals surface area contributed by atoms with Gasteiger partial charge in [-0.3, -0.25) is 9.69 Å². The minimum absolute atomic E-state index is 0.0174. The van der Waals surface area contributed by atoms with Gasteiger partial charge in [-0.1, -0.05) is 37.3 Å². The third-order valence-corrected chi connectivity index (χ3v) is 8.54. The third-order valence-electron chi connectivity index (χ3n) is 8.54. The van der Waals surface area contributed by atoms with E-state index in [4.69, 9.17) is 4.74 Å². The Bertz CT molecular complexity index is 835. The van der Waals surface area contributed by atoms with Crippen molar-refractivity contribution in [2.45, 2.75) is 36.8 Å². The molecular formula is C21H24N2O2. The lowest BCUT2D eigenvalue weighted by Crippen LogP contribution is -2.63. The first-order valence-corrected chi connectivity index (χ1v) is 9.50. The molecule has 6 atom stereocenters. The summed E-state index contributed by atoms with van der Waals surface area (Å²) in [5.41, 5.74) is 2.28. The van der Waals surface area contributed by atoms with Crippen molar-refractivity contribution in [3.05, 3.63) is 42.0 Å². The summed E-state index contributed by atoms with van der Waals surface area (Å²) < 4.78 is 5.42. The number of anilines is 1. The molecule has 0 amide bonds. The van der Waals surface area contributed by atoms with Gasteiger partial charge >= 0.3 is 5.97 Å². The van der Waals surface area contributed by atoms with Crippen LogP contribution >= 0.6 is 0 Å². The van der Waals surface area contributed by atoms with E-state index in [0.717, 1.165) is 25.9 Å². The van der Waals surface area contributed by atoms with E-state index in [9.17, 15) is 4.79 Å². The van der Waals surface area contributed by atoms with Crippen molar-refractivity contribution in [1.29, 1.82) is 0 Å². The van der Waals surface area contributed by atoms with Gasteiger partial charge in [0.2, 0.25) is 0 Å². The van der Waals surface area contributed by atoms with Crippen molar-refractivity contribution < 1.29 is 9.53 Å². The van der Waals surface area contributed by atoms with Crippen LogP contribution in [0.15, 0.2) is 36.4 Å². The highest BCUT2D eigenvalue weighted by molar-refractivity contribution is 5.85. The summed E-state index contributed by atoms with van der Waals surface area (Å²) in [4.78, 5) is 15.9. The predicted molar refractivity (Wildman–Crippen MR) is 95.3 cm³/mol. The lowest BCUT2D eigenvalue weighted by molar-refractivity contribution is -0.155. The van der Waals surface area contributed by atoms with Crippen LogP contribution in [0.1, 0.15) is 25.3 Å². The standard InChI is InChI=1S/C21H24N2O2/c1-13-19(18(24)25-2)12-14-6-5-10-23-11-9-20(21(13,14)23)15-7-3-4-8-16(15)22-17(19)20/h3-8,13-14,17,22H,9-12H2,1-2H3/t13?,14?,17?,19-,20-,21-/m0/s1. The number of hydrogen-bond acceptors (Lipinski definition) is 4. The van der Waals surface area contributed by atoms with Gasteiger partial charge in [-0.05, 0) is 36.3 Å². The van der Waals surface area contributed by atoms with Crippen LogP contribution < -0.4 is 5.32 Å². The Balaban J connectivity index is 1.71. The van der Waals surface area contributed by atoms with Gasteiger partial charge in [0, 0.05) is 29.7 Å². The van der Waals surface area contributed by atoms with Gasteiger partial charge < -0.3 is 10.1 Å².